The summed E-state index contributed by atoms with van der Waals surface area (Å²) < 4.78 is 19.2. The molecule has 0 unspecified atom stereocenters. The summed E-state index contributed by atoms with van der Waals surface area (Å²) in [6.07, 6.45) is 1.46. The normalized spacial score (nSPS) is 10.8. The van der Waals surface area contributed by atoms with E-state index in [-0.39, 0.29) is 17.3 Å². The molecular weight excluding hydrogens is 249 g/mol. The second kappa shape index (κ2) is 4.20. The first kappa shape index (κ1) is 11.4. The molecule has 19 heavy (non-hydrogen) atoms. The van der Waals surface area contributed by atoms with Crippen LogP contribution in [0.25, 0.3) is 22.4 Å². The lowest BCUT2D eigenvalue weighted by Crippen LogP contribution is -2.00. The molecule has 0 radical (unpaired) electrons. The van der Waals surface area contributed by atoms with Crippen molar-refractivity contribution >= 4 is 17.1 Å². The van der Waals surface area contributed by atoms with Gasteiger partial charge in [-0.15, -0.1) is 0 Å². The number of ether oxygens (including phenoxy) is 1. The Morgan fingerprint density at radius 2 is 2.16 bits per heavy atom. The number of nitrogens with zero attached hydrogens (tertiary/aromatic N) is 3. The first-order valence-corrected chi connectivity index (χ1v) is 5.50. The number of anilines is 1. The highest BCUT2D eigenvalue weighted by atomic mass is 19.1. The summed E-state index contributed by atoms with van der Waals surface area (Å²) in [5, 5.41) is 0. The van der Waals surface area contributed by atoms with Crippen molar-refractivity contribution in [2.75, 3.05) is 12.8 Å². The van der Waals surface area contributed by atoms with Crippen LogP contribution in [0.2, 0.25) is 0 Å². The first-order chi connectivity index (χ1) is 9.20. The zero-order valence-corrected chi connectivity index (χ0v) is 10.0. The van der Waals surface area contributed by atoms with Crippen molar-refractivity contribution in [1.29, 1.82) is 0 Å². The molecule has 2 aromatic heterocycles. The van der Waals surface area contributed by atoms with Gasteiger partial charge in [0.2, 0.25) is 5.95 Å². The number of nitrogen functional groups attached to an aromatic ring is 1. The number of hydrogen-bond donors (Lipinski definition) is 2. The third-order valence-corrected chi connectivity index (χ3v) is 2.74. The highest BCUT2D eigenvalue weighted by molar-refractivity contribution is 5.88. The van der Waals surface area contributed by atoms with Crippen LogP contribution >= 0.6 is 0 Å². The van der Waals surface area contributed by atoms with Gasteiger partial charge in [0.1, 0.15) is 11.2 Å². The number of nitrogens with one attached hydrogen (secondary N) is 1. The topological polar surface area (TPSA) is 89.7 Å². The number of benzene rings is 1. The molecule has 0 spiro atoms. The van der Waals surface area contributed by atoms with Crippen molar-refractivity contribution in [1.82, 2.24) is 19.9 Å². The average Bonchev–Trinajstić information content (AvgIpc) is 2.86. The van der Waals surface area contributed by atoms with Crippen LogP contribution in [-0.4, -0.2) is 27.0 Å². The van der Waals surface area contributed by atoms with Crippen molar-refractivity contribution in [3.8, 4) is 17.0 Å². The van der Waals surface area contributed by atoms with Gasteiger partial charge in [-0.05, 0) is 12.1 Å². The Kier molecular flexibility index (Phi) is 2.52. The third kappa shape index (κ3) is 1.75. The lowest BCUT2D eigenvalue weighted by Gasteiger charge is -2.07. The van der Waals surface area contributed by atoms with Gasteiger partial charge in [-0.3, -0.25) is 0 Å². The molecule has 0 bridgehead atoms. The van der Waals surface area contributed by atoms with Crippen molar-refractivity contribution in [3.05, 3.63) is 30.3 Å². The molecule has 0 aliphatic rings. The van der Waals surface area contributed by atoms with Gasteiger partial charge >= 0.3 is 0 Å². The Hall–Kier alpha value is -2.70. The molecule has 6 nitrogen and oxygen atoms in total. The molecule has 7 heteroatoms. The van der Waals surface area contributed by atoms with Crippen LogP contribution in [0, 0.1) is 5.82 Å². The van der Waals surface area contributed by atoms with Gasteiger partial charge in [-0.2, -0.15) is 4.98 Å². The molecule has 0 aliphatic carbocycles. The molecule has 3 aromatic rings. The van der Waals surface area contributed by atoms with Crippen molar-refractivity contribution in [2.45, 2.75) is 0 Å². The molecule has 96 valence electrons. The molecule has 0 saturated carbocycles. The molecule has 0 amide bonds. The summed E-state index contributed by atoms with van der Waals surface area (Å²) in [4.78, 5) is 14.9. The van der Waals surface area contributed by atoms with E-state index in [1.54, 1.807) is 12.1 Å². The number of hydrogen-bond acceptors (Lipinski definition) is 5. The second-order valence-electron chi connectivity index (χ2n) is 3.85. The van der Waals surface area contributed by atoms with Gasteiger partial charge in [0.15, 0.2) is 17.2 Å². The SMILES string of the molecule is COc1cccc(-c2nc(N)nc3nc[nH]c23)c1F. The van der Waals surface area contributed by atoms with E-state index in [9.17, 15) is 4.39 Å². The van der Waals surface area contributed by atoms with Crippen LogP contribution in [0.5, 0.6) is 5.75 Å². The fourth-order valence-corrected chi connectivity index (χ4v) is 1.90. The van der Waals surface area contributed by atoms with Crippen LogP contribution in [0.4, 0.5) is 10.3 Å². The monoisotopic (exact) mass is 259 g/mol. The number of H-pyrrole nitrogens is 1. The maximum atomic E-state index is 14.3. The molecule has 2 heterocycles. The van der Waals surface area contributed by atoms with Crippen molar-refractivity contribution < 1.29 is 9.13 Å². The second-order valence-corrected chi connectivity index (χ2v) is 3.85. The fourth-order valence-electron chi connectivity index (χ4n) is 1.90. The number of rotatable bonds is 2. The van der Waals surface area contributed by atoms with Crippen LogP contribution in [0.15, 0.2) is 24.5 Å². The van der Waals surface area contributed by atoms with Crippen LogP contribution < -0.4 is 10.5 Å². The molecule has 1 aromatic carbocycles. The van der Waals surface area contributed by atoms with Crippen molar-refractivity contribution in [3.63, 3.8) is 0 Å². The Morgan fingerprint density at radius 3 is 2.95 bits per heavy atom. The van der Waals surface area contributed by atoms with E-state index in [1.165, 1.54) is 19.5 Å². The highest BCUT2D eigenvalue weighted by Gasteiger charge is 2.16. The van der Waals surface area contributed by atoms with E-state index < -0.39 is 5.82 Å². The molecule has 3 rings (SSSR count). The summed E-state index contributed by atoms with van der Waals surface area (Å²) in [6, 6.07) is 4.81. The Morgan fingerprint density at radius 1 is 1.32 bits per heavy atom. The smallest absolute Gasteiger partial charge is 0.222 e. The van der Waals surface area contributed by atoms with Crippen LogP contribution in [0.3, 0.4) is 0 Å². The predicted octanol–water partition coefficient (Wildman–Crippen LogP) is 1.75. The quantitative estimate of drug-likeness (QED) is 0.731. The van der Waals surface area contributed by atoms with E-state index in [0.717, 1.165) is 0 Å². The standard InChI is InChI=1S/C12H10FN5O/c1-19-7-4-2-3-6(8(7)13)9-10-11(16-5-15-10)18-12(14)17-9/h2-5H,1H3,(H3,14,15,16,17,18). The lowest BCUT2D eigenvalue weighted by molar-refractivity contribution is 0.387. The lowest BCUT2D eigenvalue weighted by atomic mass is 10.1. The molecule has 0 atom stereocenters. The minimum Gasteiger partial charge on any atom is -0.494 e. The molecule has 3 N–H and O–H groups in total. The van der Waals surface area contributed by atoms with E-state index >= 15 is 0 Å². The number of nitrogens with two attached hydrogens (primary N) is 1. The Balaban J connectivity index is 2.33. The number of aromatic amines is 1. The molecule has 0 saturated heterocycles. The number of halogens is 1. The van der Waals surface area contributed by atoms with Crippen molar-refractivity contribution in [2.24, 2.45) is 0 Å². The number of fused-ring (bicyclic) bond motifs is 1. The van der Waals surface area contributed by atoms with E-state index in [1.807, 2.05) is 0 Å². The molecule has 0 fully saturated rings. The minimum absolute atomic E-state index is 0.0387. The van der Waals surface area contributed by atoms with Gasteiger partial charge in [-0.25, -0.2) is 14.4 Å². The Labute approximate surface area is 107 Å². The van der Waals surface area contributed by atoms with Gasteiger partial charge in [0.05, 0.1) is 13.4 Å². The predicted molar refractivity (Wildman–Crippen MR) is 68.0 cm³/mol. The largest absolute Gasteiger partial charge is 0.494 e. The summed E-state index contributed by atoms with van der Waals surface area (Å²) in [7, 11) is 1.41. The zero-order chi connectivity index (χ0) is 13.4. The van der Waals surface area contributed by atoms with E-state index in [4.69, 9.17) is 10.5 Å². The van der Waals surface area contributed by atoms with Gasteiger partial charge in [0.25, 0.3) is 0 Å². The molecular formula is C12H10FN5O. The van der Waals surface area contributed by atoms with E-state index in [2.05, 4.69) is 19.9 Å². The summed E-state index contributed by atoms with van der Waals surface area (Å²) >= 11 is 0. The fraction of sp³-hybridized carbons (Fsp3) is 0.0833. The highest BCUT2D eigenvalue weighted by Crippen LogP contribution is 2.31. The van der Waals surface area contributed by atoms with E-state index in [0.29, 0.717) is 16.9 Å². The number of methoxy groups -OCH3 is 1. The van der Waals surface area contributed by atoms with Crippen LogP contribution in [0.1, 0.15) is 0 Å². The zero-order valence-electron chi connectivity index (χ0n) is 10.0. The van der Waals surface area contributed by atoms with Crippen LogP contribution in [-0.2, 0) is 0 Å². The van der Waals surface area contributed by atoms with Gasteiger partial charge in [-0.1, -0.05) is 6.07 Å². The number of imidazole rings is 1. The first-order valence-electron chi connectivity index (χ1n) is 5.50. The maximum absolute atomic E-state index is 14.3. The van der Waals surface area contributed by atoms with Gasteiger partial charge in [0, 0.05) is 5.56 Å². The van der Waals surface area contributed by atoms with Gasteiger partial charge < -0.3 is 15.5 Å². The third-order valence-electron chi connectivity index (χ3n) is 2.74. The maximum Gasteiger partial charge on any atom is 0.222 e. The summed E-state index contributed by atoms with van der Waals surface area (Å²) in [5.41, 5.74) is 7.17. The summed E-state index contributed by atoms with van der Waals surface area (Å²) in [5.74, 6) is -0.321. The molecule has 0 aliphatic heterocycles. The minimum atomic E-state index is -0.501. The number of aromatic nitrogens is 4. The Bertz CT molecular complexity index is 755. The summed E-state index contributed by atoms with van der Waals surface area (Å²) in [6.45, 7) is 0. The average molecular weight is 259 g/mol.